The van der Waals surface area contributed by atoms with Gasteiger partial charge in [-0.3, -0.25) is 44.5 Å². The monoisotopic (exact) mass is 2960 g/mol. The summed E-state index contributed by atoms with van der Waals surface area (Å²) in [6.07, 6.45) is 20.3. The van der Waals surface area contributed by atoms with E-state index in [2.05, 4.69) is 128 Å². The zero-order chi connectivity index (χ0) is 97.6. The van der Waals surface area contributed by atoms with E-state index >= 15 is 0 Å². The number of nitrogens with zero attached hydrogens (tertiary/aromatic N) is 14. The largest absolute Gasteiger partial charge is 0.650 e. The number of carboxylic acids is 1. The van der Waals surface area contributed by atoms with Gasteiger partial charge in [-0.2, -0.15) is 0 Å². The van der Waals surface area contributed by atoms with Crippen LogP contribution in [-0.2, 0) is 135 Å². The normalized spacial score (nSPS) is 11.9. The number of para-hydroxylation sites is 2. The molecule has 6 radical (unpaired) electrons. The first-order valence-corrected chi connectivity index (χ1v) is 42.7. The number of methoxy groups -OCH3 is 2. The summed E-state index contributed by atoms with van der Waals surface area (Å²) in [6.45, 7) is 19.1. The molecule has 1 saturated heterocycles. The summed E-state index contributed by atoms with van der Waals surface area (Å²) in [5.41, 5.74) is 20.0. The van der Waals surface area contributed by atoms with Crippen LogP contribution in [0.25, 0.3) is 84.1 Å². The van der Waals surface area contributed by atoms with Crippen molar-refractivity contribution < 1.29 is 186 Å². The summed E-state index contributed by atoms with van der Waals surface area (Å²) in [7, 11) is 4.38. The minimum Gasteiger partial charge on any atom is -0.650 e. The molecule has 9 N–H and O–H groups in total. The number of carbonyl (C=O) groups is 2. The zero-order valence-electron chi connectivity index (χ0n) is 79.6. The predicted molar refractivity (Wildman–Crippen MR) is 522 cm³/mol. The molecule has 7 unspecified atom stereocenters. The Balaban J connectivity index is 0. The van der Waals surface area contributed by atoms with E-state index in [0.29, 0.717) is 24.7 Å². The number of phenolic OH excluding ortho intramolecular Hbond substituents is 2. The van der Waals surface area contributed by atoms with Gasteiger partial charge in [0.2, 0.25) is 0 Å². The standard InChI is InChI=1S/C17H13N2.5C11H9N2.C8H9NO.C7H6O2.C5H8NO2.C5H12O4.2C5H12O2.6Ir/c1-13-12-18-16(14-8-4-2-5-9-14)17(19-13)15-10-6-3-7-11-15;5*1-9-11(13-8-7-12-9)10-5-3-2-4-6-10;1-9-6-7-4-2-3-5-8(7)10;8-5-6-3-1-2-4-7(6)9;7-5(8)4-2-1-3-6-4;1-8-4(6)3-5(7)9-2;2*1-4(6)3-5(2)7;;;;;;/h2-8,10-12H,1H3;5*2-5,7-8H,1H3;2-6,10H,1H3;1-5,9H;4H,1-3H2,(H,7,8);4-7H,3H2,1-2H3;2*4-7H,3H2,1-2H3;;;;;;/q6*-1;;;-1;;;;;;;;;. The van der Waals surface area contributed by atoms with E-state index in [-0.39, 0.29) is 163 Å². The molecule has 0 aliphatic carbocycles. The number of aromatic nitrogens is 12. The first-order chi connectivity index (χ1) is 64.7. The molecule has 7 heterocycles. The van der Waals surface area contributed by atoms with Crippen molar-refractivity contribution in [2.45, 2.75) is 144 Å². The molecule has 0 bridgehead atoms. The van der Waals surface area contributed by atoms with Crippen molar-refractivity contribution in [2.75, 3.05) is 27.8 Å². The summed E-state index contributed by atoms with van der Waals surface area (Å²) in [6, 6.07) is 88.8. The number of ether oxygens (including phenoxy) is 2. The fourth-order valence-corrected chi connectivity index (χ4v) is 11.6. The number of aromatic hydroxyl groups is 2. The summed E-state index contributed by atoms with van der Waals surface area (Å²) in [5, 5.41) is 81.8. The maximum Gasteiger partial charge on any atom is 0.285 e. The van der Waals surface area contributed by atoms with Crippen LogP contribution in [0.5, 0.6) is 11.5 Å². The Kier molecular flexibility index (Phi) is 73.3. The average molecular weight is 2960 g/mol. The Bertz CT molecular complexity index is 5260. The summed E-state index contributed by atoms with van der Waals surface area (Å²) in [4.78, 5) is 75.3. The zero-order valence-corrected chi connectivity index (χ0v) is 93.9. The van der Waals surface area contributed by atoms with Crippen LogP contribution in [0.2, 0.25) is 0 Å². The number of benzene rings is 9. The number of aliphatic hydroxyl groups is 6. The first-order valence-electron chi connectivity index (χ1n) is 42.7. The fourth-order valence-electron chi connectivity index (χ4n) is 11.6. The van der Waals surface area contributed by atoms with Gasteiger partial charge in [0.25, 0.3) is 5.97 Å². The van der Waals surface area contributed by atoms with Crippen LogP contribution in [0.3, 0.4) is 0 Å². The minimum absolute atomic E-state index is 0. The Morgan fingerprint density at radius 1 is 0.386 bits per heavy atom. The predicted octanol–water partition coefficient (Wildman–Crippen LogP) is 18.0. The van der Waals surface area contributed by atoms with Crippen LogP contribution < -0.4 is 0 Å². The fraction of sp³-hybridized carbons (Fsp3) is 0.243. The van der Waals surface area contributed by atoms with E-state index in [4.69, 9.17) is 46.0 Å². The Labute approximate surface area is 903 Å². The van der Waals surface area contributed by atoms with Gasteiger partial charge in [-0.25, -0.2) is 0 Å². The molecule has 16 rings (SSSR count). The number of aldehydes is 1. The second-order valence-corrected chi connectivity index (χ2v) is 29.2. The molecule has 6 aromatic heterocycles. The van der Waals surface area contributed by atoms with Crippen LogP contribution in [0.15, 0.2) is 298 Å². The third-order valence-electron chi connectivity index (χ3n) is 18.0. The number of carbonyl (C=O) groups excluding carboxylic acids is 1. The van der Waals surface area contributed by atoms with Gasteiger partial charge >= 0.3 is 0 Å². The topological polar surface area (TPSA) is 416 Å². The number of aliphatic imine (C=N–C) groups is 1. The summed E-state index contributed by atoms with van der Waals surface area (Å²) < 4.78 is 8.88. The van der Waals surface area contributed by atoms with E-state index in [9.17, 15) is 9.59 Å². The van der Waals surface area contributed by atoms with Crippen molar-refractivity contribution in [3.8, 4) is 90.3 Å². The summed E-state index contributed by atoms with van der Waals surface area (Å²) in [5.74, 6) is -0.469. The molecule has 0 amide bonds. The number of aryl methyl sites for hydroxylation is 6. The summed E-state index contributed by atoms with van der Waals surface area (Å²) >= 11 is 0. The molecule has 1 aliphatic rings. The second kappa shape index (κ2) is 78.1. The van der Waals surface area contributed by atoms with Crippen LogP contribution >= 0.6 is 0 Å². The van der Waals surface area contributed by atoms with Crippen LogP contribution in [0.4, 0.5) is 0 Å². The molecule has 754 valence electrons. The van der Waals surface area contributed by atoms with E-state index in [1.54, 1.807) is 139 Å². The number of phenols is 2. The number of carboxylic acid groups (broad SMARTS) is 1. The number of hydrogen-bond acceptors (Lipinski definition) is 25. The maximum atomic E-state index is 10.1. The molecule has 7 atom stereocenters. The average Bonchev–Trinajstić information content (AvgIpc) is 0.939. The second-order valence-electron chi connectivity index (χ2n) is 29.2. The van der Waals surface area contributed by atoms with Crippen molar-refractivity contribution in [1.82, 2.24) is 59.8 Å². The molecule has 0 spiro atoms. The number of rotatable bonds is 18. The van der Waals surface area contributed by atoms with E-state index < -0.39 is 24.6 Å². The van der Waals surface area contributed by atoms with Gasteiger partial charge < -0.3 is 90.7 Å². The molecule has 15 aromatic rings. The molecular weight excluding hydrogens is 2840 g/mol. The smallest absolute Gasteiger partial charge is 0.285 e. The molecule has 33 heteroatoms. The van der Waals surface area contributed by atoms with Gasteiger partial charge in [0.15, 0.2) is 18.9 Å². The maximum absolute atomic E-state index is 10.1. The van der Waals surface area contributed by atoms with Crippen LogP contribution in [0, 0.1) is 77.9 Å². The van der Waals surface area contributed by atoms with Gasteiger partial charge in [0.05, 0.1) is 41.4 Å². The van der Waals surface area contributed by atoms with Crippen LogP contribution in [0.1, 0.15) is 110 Å². The molecule has 0 saturated carbocycles. The minimum atomic E-state index is -0.944. The van der Waals surface area contributed by atoms with Gasteiger partial charge in [-0.1, -0.05) is 67.4 Å². The van der Waals surface area contributed by atoms with Gasteiger partial charge in [-0.15, -0.1) is 222 Å². The molecule has 27 nitrogen and oxygen atoms in total. The molecule has 140 heavy (non-hydrogen) atoms. The van der Waals surface area contributed by atoms with E-state index in [1.165, 1.54) is 20.3 Å². The van der Waals surface area contributed by atoms with Gasteiger partial charge in [-0.05, 0) is 118 Å². The molecule has 1 aliphatic heterocycles. The van der Waals surface area contributed by atoms with Crippen molar-refractivity contribution in [3.63, 3.8) is 0 Å². The Hall–Kier alpha value is -10.6. The van der Waals surface area contributed by atoms with Crippen LogP contribution in [-0.4, -0.2) is 195 Å². The number of aliphatic carboxylic acids is 1. The van der Waals surface area contributed by atoms with Gasteiger partial charge in [0.1, 0.15) is 11.5 Å². The third kappa shape index (κ3) is 53.3. The Morgan fingerprint density at radius 3 is 0.886 bits per heavy atom. The van der Waals surface area contributed by atoms with E-state index in [1.807, 2.05) is 217 Å². The van der Waals surface area contributed by atoms with Crippen molar-refractivity contribution in [3.05, 3.63) is 380 Å². The molecular formula is C107H117Ir6N14O13-7. The van der Waals surface area contributed by atoms with E-state index in [0.717, 1.165) is 138 Å². The number of aliphatic hydroxyl groups excluding tert-OH is 6. The molecule has 9 aromatic carbocycles. The quantitative estimate of drug-likeness (QED) is 0.0167. The molecule has 1 fully saturated rings. The van der Waals surface area contributed by atoms with Crippen molar-refractivity contribution >= 4 is 18.5 Å². The Morgan fingerprint density at radius 2 is 0.664 bits per heavy atom. The van der Waals surface area contributed by atoms with Crippen molar-refractivity contribution in [1.29, 1.82) is 0 Å². The number of hydrogen-bond donors (Lipinski definition) is 9. The van der Waals surface area contributed by atoms with Crippen molar-refractivity contribution in [2.24, 2.45) is 4.99 Å². The van der Waals surface area contributed by atoms with Gasteiger partial charge in [0, 0.05) is 291 Å². The third-order valence-corrected chi connectivity index (χ3v) is 18.0. The SMILES string of the molecule is CC(O)CC(C)O.CC(O)CC(C)O.CN=Cc1ccccc1O.COC(O)CC(O)OC.Cc1cnc(-c2[c-]cccc2)c(-c2ccccc2)n1.Cc1nccnc1-c1[c-]cccc1.Cc1nccnc1-c1[c-]cccc1.Cc1nccnc1-c1[c-]cccc1.Cc1nccnc1-c1[c-]cccc1.Cc1nccnc1-c1[c-]cccc1.O=C(O)C1CCC[N-]1.O=Cc1ccccc1O.[Ir].[Ir].[Ir].[Ir].[Ir].[Ir]. The first kappa shape index (κ1) is 131.